The zero-order chi connectivity index (χ0) is 17.7. The summed E-state index contributed by atoms with van der Waals surface area (Å²) in [5.74, 6) is -0.177. The number of carbonyl (C=O) groups is 1. The van der Waals surface area contributed by atoms with E-state index in [9.17, 15) is 14.7 Å². The molecule has 130 valence electrons. The van der Waals surface area contributed by atoms with E-state index in [2.05, 4.69) is 12.2 Å². The van der Waals surface area contributed by atoms with Crippen LogP contribution in [0.5, 0.6) is 0 Å². The van der Waals surface area contributed by atoms with Crippen molar-refractivity contribution in [2.24, 2.45) is 0 Å². The normalized spacial score (nSPS) is 12.2. The Hall–Kier alpha value is -1.92. The van der Waals surface area contributed by atoms with Crippen molar-refractivity contribution >= 4 is 17.2 Å². The van der Waals surface area contributed by atoms with Gasteiger partial charge in [-0.05, 0) is 31.4 Å². The summed E-state index contributed by atoms with van der Waals surface area (Å²) in [6.07, 6.45) is 1.16. The molecule has 6 heteroatoms. The molecule has 0 aliphatic heterocycles. The molecule has 1 unspecified atom stereocenters. The molecule has 0 saturated carbocycles. The molecular formula is C18H24N2O3S. The Kier molecular flexibility index (Phi) is 6.34. The Labute approximate surface area is 146 Å². The molecule has 1 amide bonds. The molecule has 0 aliphatic carbocycles. The minimum absolute atomic E-state index is 0.0355. The van der Waals surface area contributed by atoms with Crippen LogP contribution in [-0.4, -0.2) is 22.2 Å². The van der Waals surface area contributed by atoms with Gasteiger partial charge in [-0.25, -0.2) is 0 Å². The number of amides is 1. The molecule has 24 heavy (non-hydrogen) atoms. The maximum absolute atomic E-state index is 12.2. The van der Waals surface area contributed by atoms with E-state index in [0.717, 1.165) is 22.6 Å². The highest BCUT2D eigenvalue weighted by Crippen LogP contribution is 2.15. The summed E-state index contributed by atoms with van der Waals surface area (Å²) in [6.45, 7) is 6.06. The molecule has 1 aromatic carbocycles. The fourth-order valence-corrected chi connectivity index (χ4v) is 3.40. The number of hydrogen-bond acceptors (Lipinski definition) is 4. The second-order valence-corrected chi connectivity index (χ2v) is 6.97. The molecule has 5 nitrogen and oxygen atoms in total. The lowest BCUT2D eigenvalue weighted by atomic mass is 10.0. The number of thiazole rings is 1. The molecule has 1 aromatic heterocycles. The molecular weight excluding hydrogens is 324 g/mol. The molecule has 1 heterocycles. The lowest BCUT2D eigenvalue weighted by Crippen LogP contribution is -2.32. The Bertz CT molecular complexity index is 747. The van der Waals surface area contributed by atoms with Crippen molar-refractivity contribution in [1.82, 2.24) is 9.88 Å². The van der Waals surface area contributed by atoms with Crippen molar-refractivity contribution in [1.29, 1.82) is 0 Å². The summed E-state index contributed by atoms with van der Waals surface area (Å²) in [5, 5.41) is 12.4. The Morgan fingerprint density at radius 3 is 2.46 bits per heavy atom. The Morgan fingerprint density at radius 1 is 1.29 bits per heavy atom. The van der Waals surface area contributed by atoms with Crippen molar-refractivity contribution in [3.8, 4) is 0 Å². The van der Waals surface area contributed by atoms with Crippen LogP contribution >= 0.6 is 11.3 Å². The summed E-state index contributed by atoms with van der Waals surface area (Å²) in [5.41, 5.74) is 3.00. The van der Waals surface area contributed by atoms with Gasteiger partial charge in [0, 0.05) is 23.5 Å². The lowest BCUT2D eigenvalue weighted by Gasteiger charge is -2.17. The molecule has 2 aromatic rings. The van der Waals surface area contributed by atoms with Crippen LogP contribution in [0.15, 0.2) is 29.1 Å². The number of nitrogens with zero attached hydrogens (tertiary/aromatic N) is 1. The topological polar surface area (TPSA) is 71.3 Å². The van der Waals surface area contributed by atoms with Gasteiger partial charge in [0.25, 0.3) is 0 Å². The summed E-state index contributed by atoms with van der Waals surface area (Å²) in [4.78, 5) is 25.0. The van der Waals surface area contributed by atoms with Gasteiger partial charge >= 0.3 is 4.87 Å². The number of aliphatic hydroxyl groups excluding tert-OH is 1. The second-order valence-electron chi connectivity index (χ2n) is 5.81. The standard InChI is InChI=1S/C18H24N2O3S/c1-4-14-5-7-15(8-6-14)16(11-21)19-17(22)9-10-20-12(2)13(3)24-18(20)23/h5-8,16,21H,4,9-11H2,1-3H3,(H,19,22). The number of aliphatic hydroxyl groups is 1. The van der Waals surface area contributed by atoms with E-state index in [1.807, 2.05) is 38.1 Å². The summed E-state index contributed by atoms with van der Waals surface area (Å²) in [6, 6.07) is 7.43. The molecule has 2 rings (SSSR count). The molecule has 0 fully saturated rings. The van der Waals surface area contributed by atoms with E-state index in [1.165, 1.54) is 16.9 Å². The minimum Gasteiger partial charge on any atom is -0.394 e. The number of aromatic nitrogens is 1. The zero-order valence-electron chi connectivity index (χ0n) is 14.3. The third-order valence-corrected chi connectivity index (χ3v) is 5.24. The average Bonchev–Trinajstić information content (AvgIpc) is 2.83. The van der Waals surface area contributed by atoms with E-state index in [0.29, 0.717) is 6.54 Å². The van der Waals surface area contributed by atoms with Crippen LogP contribution in [0.1, 0.15) is 41.1 Å². The van der Waals surface area contributed by atoms with Gasteiger partial charge in [-0.3, -0.25) is 9.59 Å². The van der Waals surface area contributed by atoms with Crippen LogP contribution in [0.4, 0.5) is 0 Å². The molecule has 0 spiro atoms. The van der Waals surface area contributed by atoms with E-state index in [-0.39, 0.29) is 23.8 Å². The largest absolute Gasteiger partial charge is 0.394 e. The van der Waals surface area contributed by atoms with E-state index < -0.39 is 6.04 Å². The van der Waals surface area contributed by atoms with Gasteiger partial charge in [-0.1, -0.05) is 42.5 Å². The average molecular weight is 348 g/mol. The van der Waals surface area contributed by atoms with Crippen LogP contribution in [0.25, 0.3) is 0 Å². The molecule has 0 aliphatic rings. The van der Waals surface area contributed by atoms with E-state index >= 15 is 0 Å². The van der Waals surface area contributed by atoms with Crippen LogP contribution in [0.3, 0.4) is 0 Å². The number of benzene rings is 1. The van der Waals surface area contributed by atoms with Crippen molar-refractivity contribution < 1.29 is 9.90 Å². The highest BCUT2D eigenvalue weighted by molar-refractivity contribution is 7.09. The van der Waals surface area contributed by atoms with Crippen molar-refractivity contribution in [3.63, 3.8) is 0 Å². The highest BCUT2D eigenvalue weighted by Gasteiger charge is 2.15. The number of nitrogens with one attached hydrogen (secondary N) is 1. The quantitative estimate of drug-likeness (QED) is 0.807. The van der Waals surface area contributed by atoms with Crippen molar-refractivity contribution in [3.05, 3.63) is 55.6 Å². The number of rotatable bonds is 7. The van der Waals surface area contributed by atoms with Crippen LogP contribution in [0.2, 0.25) is 0 Å². The van der Waals surface area contributed by atoms with Crippen molar-refractivity contribution in [2.75, 3.05) is 6.61 Å². The van der Waals surface area contributed by atoms with Gasteiger partial charge in [-0.2, -0.15) is 0 Å². The van der Waals surface area contributed by atoms with Gasteiger partial charge < -0.3 is 15.0 Å². The number of carbonyl (C=O) groups excluding carboxylic acids is 1. The number of aryl methyl sites for hydroxylation is 2. The molecule has 0 radical (unpaired) electrons. The summed E-state index contributed by atoms with van der Waals surface area (Å²) in [7, 11) is 0. The molecule has 0 saturated heterocycles. The second kappa shape index (κ2) is 8.26. The van der Waals surface area contributed by atoms with Gasteiger partial charge in [0.05, 0.1) is 12.6 Å². The van der Waals surface area contributed by atoms with Gasteiger partial charge in [0.1, 0.15) is 0 Å². The molecule has 1 atom stereocenters. The van der Waals surface area contributed by atoms with Crippen LogP contribution in [-0.2, 0) is 17.8 Å². The van der Waals surface area contributed by atoms with Crippen LogP contribution < -0.4 is 10.2 Å². The number of hydrogen-bond donors (Lipinski definition) is 2. The first-order valence-corrected chi connectivity index (χ1v) is 8.93. The fourth-order valence-electron chi connectivity index (χ4n) is 2.55. The Balaban J connectivity index is 1.97. The monoisotopic (exact) mass is 348 g/mol. The summed E-state index contributed by atoms with van der Waals surface area (Å²) >= 11 is 1.20. The predicted molar refractivity (Wildman–Crippen MR) is 96.5 cm³/mol. The van der Waals surface area contributed by atoms with Gasteiger partial charge in [0.2, 0.25) is 5.91 Å². The molecule has 2 N–H and O–H groups in total. The molecule has 0 bridgehead atoms. The van der Waals surface area contributed by atoms with Crippen LogP contribution in [0, 0.1) is 13.8 Å². The highest BCUT2D eigenvalue weighted by atomic mass is 32.1. The third kappa shape index (κ3) is 4.33. The first-order chi connectivity index (χ1) is 11.5. The predicted octanol–water partition coefficient (Wildman–Crippen LogP) is 2.33. The zero-order valence-corrected chi connectivity index (χ0v) is 15.2. The van der Waals surface area contributed by atoms with E-state index in [1.54, 1.807) is 4.57 Å². The van der Waals surface area contributed by atoms with Gasteiger partial charge in [-0.15, -0.1) is 0 Å². The lowest BCUT2D eigenvalue weighted by molar-refractivity contribution is -0.122. The first kappa shape index (κ1) is 18.4. The maximum atomic E-state index is 12.2. The third-order valence-electron chi connectivity index (χ3n) is 4.25. The van der Waals surface area contributed by atoms with Crippen molar-refractivity contribution in [2.45, 2.75) is 46.2 Å². The minimum atomic E-state index is -0.426. The maximum Gasteiger partial charge on any atom is 0.307 e. The fraction of sp³-hybridized carbons (Fsp3) is 0.444. The van der Waals surface area contributed by atoms with Gasteiger partial charge in [0.15, 0.2) is 0 Å². The smallest absolute Gasteiger partial charge is 0.307 e. The summed E-state index contributed by atoms with van der Waals surface area (Å²) < 4.78 is 1.63. The Morgan fingerprint density at radius 2 is 1.96 bits per heavy atom. The first-order valence-electron chi connectivity index (χ1n) is 8.12. The van der Waals surface area contributed by atoms with E-state index in [4.69, 9.17) is 0 Å². The SMILES string of the molecule is CCc1ccc(C(CO)NC(=O)CCn2c(C)c(C)sc2=O)cc1.